The van der Waals surface area contributed by atoms with Gasteiger partial charge in [0.2, 0.25) is 11.8 Å². The fourth-order valence-electron chi connectivity index (χ4n) is 3.53. The summed E-state index contributed by atoms with van der Waals surface area (Å²) in [7, 11) is 0. The molecule has 2 aliphatic heterocycles. The molecule has 23 heavy (non-hydrogen) atoms. The Morgan fingerprint density at radius 1 is 1.22 bits per heavy atom. The summed E-state index contributed by atoms with van der Waals surface area (Å²) in [6.07, 6.45) is 3.57. The van der Waals surface area contributed by atoms with E-state index in [2.05, 4.69) is 10.6 Å². The van der Waals surface area contributed by atoms with E-state index in [0.717, 1.165) is 37.8 Å². The number of rotatable bonds is 4. The SMILES string of the molecule is C[C@@H](NC(=O)C1CCCN1C(=O)C1CCCN1)c1ccccc1. The van der Waals surface area contributed by atoms with Crippen LogP contribution in [-0.2, 0) is 9.59 Å². The third kappa shape index (κ3) is 3.55. The van der Waals surface area contributed by atoms with E-state index in [1.807, 2.05) is 37.3 Å². The Kier molecular flexibility index (Phi) is 4.96. The summed E-state index contributed by atoms with van der Waals surface area (Å²) < 4.78 is 0. The highest BCUT2D eigenvalue weighted by Gasteiger charge is 2.38. The van der Waals surface area contributed by atoms with Crippen molar-refractivity contribution in [3.8, 4) is 0 Å². The average molecular weight is 315 g/mol. The van der Waals surface area contributed by atoms with Crippen LogP contribution in [0, 0.1) is 0 Å². The highest BCUT2D eigenvalue weighted by Crippen LogP contribution is 2.22. The molecule has 2 N–H and O–H groups in total. The standard InChI is InChI=1S/C18H25N3O2/c1-13(14-7-3-2-4-8-14)20-17(22)16-10-6-12-21(16)18(23)15-9-5-11-19-15/h2-4,7-8,13,15-16,19H,5-6,9-12H2,1H3,(H,20,22)/t13-,15?,16?/m1/s1. The molecule has 2 aliphatic rings. The van der Waals surface area contributed by atoms with E-state index in [4.69, 9.17) is 0 Å². The van der Waals surface area contributed by atoms with Gasteiger partial charge in [0.25, 0.3) is 0 Å². The predicted octanol–water partition coefficient (Wildman–Crippen LogP) is 1.61. The van der Waals surface area contributed by atoms with Crippen molar-refractivity contribution in [2.24, 2.45) is 0 Å². The summed E-state index contributed by atoms with van der Waals surface area (Å²) >= 11 is 0. The van der Waals surface area contributed by atoms with Crippen molar-refractivity contribution in [3.63, 3.8) is 0 Å². The molecule has 5 nitrogen and oxygen atoms in total. The Balaban J connectivity index is 1.62. The lowest BCUT2D eigenvalue weighted by Gasteiger charge is -2.28. The number of nitrogens with zero attached hydrogens (tertiary/aromatic N) is 1. The summed E-state index contributed by atoms with van der Waals surface area (Å²) in [5.74, 6) is 0.0534. The topological polar surface area (TPSA) is 61.4 Å². The molecule has 2 heterocycles. The number of carbonyl (C=O) groups excluding carboxylic acids is 2. The van der Waals surface area contributed by atoms with Gasteiger partial charge in [-0.1, -0.05) is 30.3 Å². The van der Waals surface area contributed by atoms with Gasteiger partial charge in [-0.15, -0.1) is 0 Å². The quantitative estimate of drug-likeness (QED) is 0.887. The lowest BCUT2D eigenvalue weighted by molar-refractivity contribution is -0.140. The van der Waals surface area contributed by atoms with Crippen molar-refractivity contribution in [1.29, 1.82) is 0 Å². The Bertz CT molecular complexity index is 555. The third-order valence-corrected chi connectivity index (χ3v) is 4.86. The maximum atomic E-state index is 12.6. The average Bonchev–Trinajstić information content (AvgIpc) is 3.26. The van der Waals surface area contributed by atoms with Gasteiger partial charge < -0.3 is 15.5 Å². The number of benzene rings is 1. The minimum absolute atomic E-state index is 0.0369. The molecular formula is C18H25N3O2. The Morgan fingerprint density at radius 2 is 2.00 bits per heavy atom. The molecule has 2 amide bonds. The van der Waals surface area contributed by atoms with Crippen molar-refractivity contribution < 1.29 is 9.59 Å². The maximum Gasteiger partial charge on any atom is 0.243 e. The van der Waals surface area contributed by atoms with Gasteiger partial charge in [0.15, 0.2) is 0 Å². The molecule has 5 heteroatoms. The number of carbonyl (C=O) groups is 2. The second-order valence-electron chi connectivity index (χ2n) is 6.48. The highest BCUT2D eigenvalue weighted by molar-refractivity contribution is 5.90. The summed E-state index contributed by atoms with van der Waals surface area (Å²) in [5.41, 5.74) is 1.08. The van der Waals surface area contributed by atoms with Crippen LogP contribution in [0.1, 0.15) is 44.2 Å². The largest absolute Gasteiger partial charge is 0.348 e. The number of hydrogen-bond acceptors (Lipinski definition) is 3. The lowest BCUT2D eigenvalue weighted by Crippen LogP contribution is -2.51. The zero-order valence-electron chi connectivity index (χ0n) is 13.6. The first-order valence-corrected chi connectivity index (χ1v) is 8.56. The molecule has 0 spiro atoms. The van der Waals surface area contributed by atoms with Gasteiger partial charge in [-0.05, 0) is 44.7 Å². The van der Waals surface area contributed by atoms with E-state index in [9.17, 15) is 9.59 Å². The molecule has 2 saturated heterocycles. The predicted molar refractivity (Wildman–Crippen MR) is 88.8 cm³/mol. The van der Waals surface area contributed by atoms with Crippen LogP contribution in [0.2, 0.25) is 0 Å². The van der Waals surface area contributed by atoms with Crippen LogP contribution in [0.25, 0.3) is 0 Å². The number of nitrogens with one attached hydrogen (secondary N) is 2. The zero-order valence-corrected chi connectivity index (χ0v) is 13.6. The van der Waals surface area contributed by atoms with Gasteiger partial charge >= 0.3 is 0 Å². The van der Waals surface area contributed by atoms with E-state index in [-0.39, 0.29) is 29.9 Å². The fraction of sp³-hybridized carbons (Fsp3) is 0.556. The van der Waals surface area contributed by atoms with E-state index < -0.39 is 0 Å². The van der Waals surface area contributed by atoms with Crippen molar-refractivity contribution in [3.05, 3.63) is 35.9 Å². The van der Waals surface area contributed by atoms with Crippen molar-refractivity contribution in [2.45, 2.75) is 50.7 Å². The first-order valence-electron chi connectivity index (χ1n) is 8.56. The molecule has 2 unspecified atom stereocenters. The first-order chi connectivity index (χ1) is 11.2. The Hall–Kier alpha value is -1.88. The molecule has 0 radical (unpaired) electrons. The van der Waals surface area contributed by atoms with Crippen molar-refractivity contribution in [1.82, 2.24) is 15.5 Å². The van der Waals surface area contributed by atoms with Crippen LogP contribution in [0.4, 0.5) is 0 Å². The van der Waals surface area contributed by atoms with Crippen molar-refractivity contribution in [2.75, 3.05) is 13.1 Å². The smallest absolute Gasteiger partial charge is 0.243 e. The van der Waals surface area contributed by atoms with Crippen LogP contribution in [0.15, 0.2) is 30.3 Å². The number of hydrogen-bond donors (Lipinski definition) is 2. The van der Waals surface area contributed by atoms with Crippen LogP contribution in [0.5, 0.6) is 0 Å². The Morgan fingerprint density at radius 3 is 2.70 bits per heavy atom. The van der Waals surface area contributed by atoms with Gasteiger partial charge in [0.1, 0.15) is 6.04 Å². The molecule has 1 aromatic rings. The second-order valence-corrected chi connectivity index (χ2v) is 6.48. The molecule has 2 fully saturated rings. The number of likely N-dealkylation sites (tertiary alicyclic amines) is 1. The van der Waals surface area contributed by atoms with E-state index in [1.54, 1.807) is 4.90 Å². The van der Waals surface area contributed by atoms with Gasteiger partial charge in [-0.2, -0.15) is 0 Å². The van der Waals surface area contributed by atoms with E-state index in [0.29, 0.717) is 6.54 Å². The Labute approximate surface area is 137 Å². The molecule has 0 bridgehead atoms. The van der Waals surface area contributed by atoms with Gasteiger partial charge in [0.05, 0.1) is 12.1 Å². The third-order valence-electron chi connectivity index (χ3n) is 4.86. The molecule has 0 aliphatic carbocycles. The molecular weight excluding hydrogens is 290 g/mol. The summed E-state index contributed by atoms with van der Waals surface area (Å²) in [6.45, 7) is 3.56. The molecule has 3 rings (SSSR count). The van der Waals surface area contributed by atoms with Crippen LogP contribution >= 0.6 is 0 Å². The van der Waals surface area contributed by atoms with E-state index in [1.165, 1.54) is 0 Å². The second kappa shape index (κ2) is 7.13. The molecule has 3 atom stereocenters. The maximum absolute atomic E-state index is 12.6. The minimum atomic E-state index is -0.323. The van der Waals surface area contributed by atoms with Crippen molar-refractivity contribution >= 4 is 11.8 Å². The van der Waals surface area contributed by atoms with Gasteiger partial charge in [-0.3, -0.25) is 9.59 Å². The minimum Gasteiger partial charge on any atom is -0.348 e. The summed E-state index contributed by atoms with van der Waals surface area (Å²) in [4.78, 5) is 27.0. The normalized spacial score (nSPS) is 25.3. The highest BCUT2D eigenvalue weighted by atomic mass is 16.2. The van der Waals surface area contributed by atoms with Gasteiger partial charge in [-0.25, -0.2) is 0 Å². The molecule has 124 valence electrons. The van der Waals surface area contributed by atoms with Crippen LogP contribution in [-0.4, -0.2) is 41.9 Å². The van der Waals surface area contributed by atoms with Gasteiger partial charge in [0, 0.05) is 6.54 Å². The summed E-state index contributed by atoms with van der Waals surface area (Å²) in [6, 6.07) is 9.43. The fourth-order valence-corrected chi connectivity index (χ4v) is 3.53. The molecule has 1 aromatic carbocycles. The molecule has 0 aromatic heterocycles. The summed E-state index contributed by atoms with van der Waals surface area (Å²) in [5, 5.41) is 6.30. The van der Waals surface area contributed by atoms with Crippen LogP contribution < -0.4 is 10.6 Å². The first kappa shape index (κ1) is 16.0. The number of amides is 2. The van der Waals surface area contributed by atoms with Crippen LogP contribution in [0.3, 0.4) is 0 Å². The molecule has 0 saturated carbocycles. The zero-order chi connectivity index (χ0) is 16.2. The monoisotopic (exact) mass is 315 g/mol. The lowest BCUT2D eigenvalue weighted by atomic mass is 10.1. The van der Waals surface area contributed by atoms with E-state index >= 15 is 0 Å².